The van der Waals surface area contributed by atoms with Gasteiger partial charge in [0.1, 0.15) is 23.7 Å². The lowest BCUT2D eigenvalue weighted by atomic mass is 10.3. The molecule has 0 spiro atoms. The second kappa shape index (κ2) is 5.94. The van der Waals surface area contributed by atoms with Gasteiger partial charge >= 0.3 is 5.69 Å². The zero-order chi connectivity index (χ0) is 15.5. The predicted molar refractivity (Wildman–Crippen MR) is 77.2 cm³/mol. The van der Waals surface area contributed by atoms with E-state index in [1.165, 1.54) is 11.3 Å². The Hall–Kier alpha value is -2.74. The second-order valence-electron chi connectivity index (χ2n) is 4.31. The highest BCUT2D eigenvalue weighted by molar-refractivity contribution is 7.13. The van der Waals surface area contributed by atoms with E-state index in [4.69, 9.17) is 9.15 Å². The number of halogens is 1. The quantitative estimate of drug-likeness (QED) is 0.524. The van der Waals surface area contributed by atoms with Crippen LogP contribution >= 0.6 is 11.3 Å². The van der Waals surface area contributed by atoms with Crippen molar-refractivity contribution in [2.24, 2.45) is 0 Å². The third-order valence-electron chi connectivity index (χ3n) is 2.81. The first-order valence-corrected chi connectivity index (χ1v) is 7.05. The van der Waals surface area contributed by atoms with Crippen LogP contribution in [0.2, 0.25) is 0 Å². The van der Waals surface area contributed by atoms with Crippen molar-refractivity contribution in [2.45, 2.75) is 6.61 Å². The number of aromatic nitrogens is 1. The summed E-state index contributed by atoms with van der Waals surface area (Å²) in [7, 11) is 0. The number of rotatable bonds is 5. The molecule has 0 saturated heterocycles. The van der Waals surface area contributed by atoms with E-state index < -0.39 is 10.7 Å². The Labute approximate surface area is 127 Å². The average molecular weight is 320 g/mol. The molecule has 112 valence electrons. The number of benzene rings is 1. The highest BCUT2D eigenvalue weighted by atomic mass is 32.1. The van der Waals surface area contributed by atoms with Crippen LogP contribution in [0.5, 0.6) is 5.75 Å². The molecule has 8 heteroatoms. The van der Waals surface area contributed by atoms with Gasteiger partial charge in [-0.15, -0.1) is 11.3 Å². The average Bonchev–Trinajstić information content (AvgIpc) is 3.16. The Balaban J connectivity index is 1.76. The van der Waals surface area contributed by atoms with Crippen LogP contribution in [0.3, 0.4) is 0 Å². The van der Waals surface area contributed by atoms with Gasteiger partial charge in [0.15, 0.2) is 5.75 Å². The largest absolute Gasteiger partial charge is 0.480 e. The fourth-order valence-corrected chi connectivity index (χ4v) is 2.59. The number of hydrogen-bond acceptors (Lipinski definition) is 6. The molecule has 3 aromatic rings. The molecule has 6 nitrogen and oxygen atoms in total. The first-order chi connectivity index (χ1) is 10.6. The van der Waals surface area contributed by atoms with Gasteiger partial charge in [0.25, 0.3) is 0 Å². The normalized spacial score (nSPS) is 10.6. The van der Waals surface area contributed by atoms with E-state index in [2.05, 4.69) is 4.98 Å². The number of nitro groups is 1. The predicted octanol–water partition coefficient (Wildman–Crippen LogP) is 4.03. The maximum absolute atomic E-state index is 13.2. The van der Waals surface area contributed by atoms with Crippen LogP contribution in [0.1, 0.15) is 5.69 Å². The SMILES string of the molecule is O=[N+]([O-])c1ccc(F)cc1OCc1csc(-c2ccoc2)n1. The lowest BCUT2D eigenvalue weighted by Gasteiger charge is -2.05. The van der Waals surface area contributed by atoms with Gasteiger partial charge in [-0.1, -0.05) is 0 Å². The van der Waals surface area contributed by atoms with E-state index in [0.29, 0.717) is 5.69 Å². The smallest absolute Gasteiger partial charge is 0.311 e. The molecule has 0 saturated carbocycles. The Bertz CT molecular complexity index is 801. The van der Waals surface area contributed by atoms with Crippen molar-refractivity contribution in [2.75, 3.05) is 0 Å². The Morgan fingerprint density at radius 1 is 1.41 bits per heavy atom. The standard InChI is InChI=1S/C14H9FN2O4S/c15-10-1-2-12(17(18)19)13(5-10)21-7-11-8-22-14(16-11)9-3-4-20-6-9/h1-6,8H,7H2. The summed E-state index contributed by atoms with van der Waals surface area (Å²) in [5, 5.41) is 13.4. The van der Waals surface area contributed by atoms with E-state index in [1.54, 1.807) is 24.0 Å². The zero-order valence-corrected chi connectivity index (χ0v) is 11.9. The van der Waals surface area contributed by atoms with Gasteiger partial charge in [-0.3, -0.25) is 10.1 Å². The summed E-state index contributed by atoms with van der Waals surface area (Å²) < 4.78 is 23.5. The van der Waals surface area contributed by atoms with Crippen LogP contribution in [-0.2, 0) is 6.61 Å². The van der Waals surface area contributed by atoms with Crippen molar-refractivity contribution in [1.29, 1.82) is 0 Å². The summed E-state index contributed by atoms with van der Waals surface area (Å²) in [6.07, 6.45) is 3.11. The Morgan fingerprint density at radius 3 is 3.00 bits per heavy atom. The van der Waals surface area contributed by atoms with Gasteiger partial charge in [-0.25, -0.2) is 9.37 Å². The van der Waals surface area contributed by atoms with Crippen molar-refractivity contribution in [1.82, 2.24) is 4.98 Å². The molecular formula is C14H9FN2O4S. The van der Waals surface area contributed by atoms with Crippen LogP contribution in [0.25, 0.3) is 10.6 Å². The van der Waals surface area contributed by atoms with Gasteiger partial charge in [-0.05, 0) is 12.1 Å². The summed E-state index contributed by atoms with van der Waals surface area (Å²) in [5.74, 6) is -0.721. The van der Waals surface area contributed by atoms with Gasteiger partial charge in [0, 0.05) is 23.1 Å². The summed E-state index contributed by atoms with van der Waals surface area (Å²) in [6.45, 7) is 0.0125. The summed E-state index contributed by atoms with van der Waals surface area (Å²) in [5.41, 5.74) is 1.15. The molecule has 0 radical (unpaired) electrons. The van der Waals surface area contributed by atoms with E-state index in [9.17, 15) is 14.5 Å². The molecule has 0 amide bonds. The fourth-order valence-electron chi connectivity index (χ4n) is 1.80. The van der Waals surface area contributed by atoms with Gasteiger partial charge in [-0.2, -0.15) is 0 Å². The van der Waals surface area contributed by atoms with Crippen LogP contribution in [-0.4, -0.2) is 9.91 Å². The molecular weight excluding hydrogens is 311 g/mol. The van der Waals surface area contributed by atoms with Gasteiger partial charge < -0.3 is 9.15 Å². The van der Waals surface area contributed by atoms with E-state index >= 15 is 0 Å². The number of furan rings is 1. The molecule has 0 fully saturated rings. The second-order valence-corrected chi connectivity index (χ2v) is 5.17. The van der Waals surface area contributed by atoms with Crippen LogP contribution in [0.15, 0.2) is 46.6 Å². The van der Waals surface area contributed by atoms with Crippen molar-refractivity contribution in [3.63, 3.8) is 0 Å². The lowest BCUT2D eigenvalue weighted by Crippen LogP contribution is -2.00. The molecule has 3 rings (SSSR count). The number of thiazole rings is 1. The molecule has 0 aliphatic rings. The molecule has 0 aliphatic carbocycles. The van der Waals surface area contributed by atoms with E-state index in [-0.39, 0.29) is 18.0 Å². The number of hydrogen-bond donors (Lipinski definition) is 0. The van der Waals surface area contributed by atoms with Crippen molar-refractivity contribution < 1.29 is 18.5 Å². The number of ether oxygens (including phenoxy) is 1. The minimum absolute atomic E-state index is 0.0125. The van der Waals surface area contributed by atoms with Gasteiger partial charge in [0.2, 0.25) is 0 Å². The zero-order valence-electron chi connectivity index (χ0n) is 11.1. The fraction of sp³-hybridized carbons (Fsp3) is 0.0714. The maximum atomic E-state index is 13.2. The molecule has 0 N–H and O–H groups in total. The maximum Gasteiger partial charge on any atom is 0.311 e. The van der Waals surface area contributed by atoms with Gasteiger partial charge in [0.05, 0.1) is 16.9 Å². The van der Waals surface area contributed by atoms with E-state index in [0.717, 1.165) is 28.8 Å². The monoisotopic (exact) mass is 320 g/mol. The highest BCUT2D eigenvalue weighted by Crippen LogP contribution is 2.29. The molecule has 0 unspecified atom stereocenters. The molecule has 1 aromatic carbocycles. The van der Waals surface area contributed by atoms with E-state index in [1.807, 2.05) is 0 Å². The van der Waals surface area contributed by atoms with Crippen LogP contribution < -0.4 is 4.74 Å². The summed E-state index contributed by atoms with van der Waals surface area (Å²) in [4.78, 5) is 14.6. The molecule has 0 atom stereocenters. The number of nitro benzene ring substituents is 1. The topological polar surface area (TPSA) is 78.4 Å². The minimum atomic E-state index is -0.618. The molecule has 0 aliphatic heterocycles. The third kappa shape index (κ3) is 2.96. The first-order valence-electron chi connectivity index (χ1n) is 6.17. The third-order valence-corrected chi connectivity index (χ3v) is 3.75. The first kappa shape index (κ1) is 14.2. The minimum Gasteiger partial charge on any atom is -0.480 e. The Morgan fingerprint density at radius 2 is 2.27 bits per heavy atom. The van der Waals surface area contributed by atoms with Crippen LogP contribution in [0.4, 0.5) is 10.1 Å². The van der Waals surface area contributed by atoms with Crippen molar-refractivity contribution in [3.8, 4) is 16.3 Å². The summed E-state index contributed by atoms with van der Waals surface area (Å²) in [6, 6.07) is 4.86. The highest BCUT2D eigenvalue weighted by Gasteiger charge is 2.16. The summed E-state index contributed by atoms with van der Waals surface area (Å²) >= 11 is 1.40. The molecule has 0 bridgehead atoms. The van der Waals surface area contributed by atoms with Crippen LogP contribution in [0, 0.1) is 15.9 Å². The lowest BCUT2D eigenvalue weighted by molar-refractivity contribution is -0.386. The Kier molecular flexibility index (Phi) is 3.84. The molecule has 2 heterocycles. The molecule has 2 aromatic heterocycles. The van der Waals surface area contributed by atoms with Crippen molar-refractivity contribution in [3.05, 3.63) is 63.8 Å². The molecule has 22 heavy (non-hydrogen) atoms. The van der Waals surface area contributed by atoms with Crippen molar-refractivity contribution >= 4 is 17.0 Å². The number of nitrogens with zero attached hydrogens (tertiary/aromatic N) is 2.